The van der Waals surface area contributed by atoms with Gasteiger partial charge in [0.25, 0.3) is 0 Å². The summed E-state index contributed by atoms with van der Waals surface area (Å²) in [5, 5.41) is 2.69. The molecule has 3 aromatic rings. The molecule has 3 heterocycles. The smallest absolute Gasteiger partial charge is 0.0458 e. The Hall–Kier alpha value is -2.35. The Balaban J connectivity index is 1.84. The molecule has 1 aliphatic heterocycles. The van der Waals surface area contributed by atoms with E-state index in [4.69, 9.17) is 11.8 Å². The molecule has 0 N–H and O–H groups in total. The van der Waals surface area contributed by atoms with Crippen LogP contribution >= 0.6 is 6.04 Å². The van der Waals surface area contributed by atoms with E-state index in [1.807, 2.05) is 24.8 Å². The highest BCUT2D eigenvalue weighted by molar-refractivity contribution is 8.23. The molecule has 0 bridgehead atoms. The number of rotatable bonds is 3. The second kappa shape index (κ2) is 7.24. The maximum Gasteiger partial charge on any atom is 0.0458 e. The quantitative estimate of drug-likeness (QED) is 0.515. The summed E-state index contributed by atoms with van der Waals surface area (Å²) in [4.78, 5) is 8.51. The normalized spacial score (nSPS) is 24.0. The third-order valence-corrected chi connectivity index (χ3v) is 11.1. The van der Waals surface area contributed by atoms with Gasteiger partial charge in [0.05, 0.1) is 0 Å². The van der Waals surface area contributed by atoms with Gasteiger partial charge in [0, 0.05) is 41.8 Å². The molecule has 138 valence electrons. The summed E-state index contributed by atoms with van der Waals surface area (Å²) in [5.41, 5.74) is 5.69. The van der Waals surface area contributed by atoms with Crippen LogP contribution in [0.15, 0.2) is 96.6 Å². The number of nitrogens with zero attached hydrogens (tertiary/aromatic N) is 2. The summed E-state index contributed by atoms with van der Waals surface area (Å²) in [6, 6.07) is 17.2. The Morgan fingerprint density at radius 3 is 2.25 bits per heavy atom. The minimum Gasteiger partial charge on any atom is -0.265 e. The third kappa shape index (κ3) is 2.73. The number of aromatic nitrogens is 2. The SMILES string of the molecule is S=P1(c2ccccc2)C(c2ccncc2)=C2CCCC=C2C1c1ccncc1. The summed E-state index contributed by atoms with van der Waals surface area (Å²) in [5.74, 6) is 0. The molecule has 0 fully saturated rings. The van der Waals surface area contributed by atoms with Gasteiger partial charge in [-0.1, -0.05) is 48.2 Å². The Bertz CT molecular complexity index is 1110. The molecule has 0 spiro atoms. The Morgan fingerprint density at radius 1 is 0.857 bits per heavy atom. The molecule has 2 aliphatic rings. The number of benzene rings is 1. The maximum absolute atomic E-state index is 6.73. The zero-order valence-corrected chi connectivity index (χ0v) is 17.2. The fraction of sp³-hybridized carbons (Fsp3) is 0.167. The van der Waals surface area contributed by atoms with E-state index in [0.29, 0.717) is 0 Å². The standard InChI is InChI=1S/C24H21N2PS/c28-27(20-6-2-1-3-7-20)23(18-10-14-25-15-11-18)21-8-4-5-9-22(21)24(27)19-12-16-26-17-13-19/h1-3,6-8,10-17,23H,4-5,9H2. The predicted molar refractivity (Wildman–Crippen MR) is 120 cm³/mol. The first kappa shape index (κ1) is 17.7. The number of hydrogen-bond acceptors (Lipinski definition) is 3. The summed E-state index contributed by atoms with van der Waals surface area (Å²) in [6.45, 7) is 0. The molecule has 0 radical (unpaired) electrons. The first-order chi connectivity index (χ1) is 13.8. The second-order valence-corrected chi connectivity index (χ2v) is 11.8. The second-order valence-electron chi connectivity index (χ2n) is 7.29. The molecule has 5 rings (SSSR count). The van der Waals surface area contributed by atoms with Crippen molar-refractivity contribution in [1.29, 1.82) is 0 Å². The van der Waals surface area contributed by atoms with Gasteiger partial charge in [0.1, 0.15) is 0 Å². The zero-order chi connectivity index (χ0) is 19.0. The lowest BCUT2D eigenvalue weighted by atomic mass is 9.88. The molecule has 4 heteroatoms. The minimum atomic E-state index is -2.10. The van der Waals surface area contributed by atoms with E-state index in [2.05, 4.69) is 70.6 Å². The van der Waals surface area contributed by atoms with Gasteiger partial charge < -0.3 is 0 Å². The first-order valence-corrected chi connectivity index (χ1v) is 12.6. The van der Waals surface area contributed by atoms with Crippen molar-refractivity contribution in [2.75, 3.05) is 0 Å². The molecule has 2 atom stereocenters. The fourth-order valence-corrected chi connectivity index (χ4v) is 10.2. The van der Waals surface area contributed by atoms with Gasteiger partial charge in [-0.15, -0.1) is 0 Å². The minimum absolute atomic E-state index is 0.228. The predicted octanol–water partition coefficient (Wildman–Crippen LogP) is 5.86. The molecule has 2 unspecified atom stereocenters. The van der Waals surface area contributed by atoms with E-state index in [-0.39, 0.29) is 5.66 Å². The Morgan fingerprint density at radius 2 is 1.54 bits per heavy atom. The van der Waals surface area contributed by atoms with Gasteiger partial charge in [-0.3, -0.25) is 9.97 Å². The van der Waals surface area contributed by atoms with Crippen LogP contribution in [-0.2, 0) is 11.8 Å². The number of allylic oxidation sites excluding steroid dienone is 3. The van der Waals surface area contributed by atoms with Crippen LogP contribution in [0.4, 0.5) is 0 Å². The topological polar surface area (TPSA) is 25.8 Å². The van der Waals surface area contributed by atoms with Gasteiger partial charge in [-0.25, -0.2) is 0 Å². The highest BCUT2D eigenvalue weighted by atomic mass is 32.4. The summed E-state index contributed by atoms with van der Waals surface area (Å²) >= 11 is 6.73. The highest BCUT2D eigenvalue weighted by Crippen LogP contribution is 2.77. The molecule has 0 saturated heterocycles. The Labute approximate surface area is 171 Å². The van der Waals surface area contributed by atoms with Gasteiger partial charge in [0.2, 0.25) is 0 Å². The van der Waals surface area contributed by atoms with Crippen molar-refractivity contribution < 1.29 is 0 Å². The summed E-state index contributed by atoms with van der Waals surface area (Å²) in [7, 11) is 0. The maximum atomic E-state index is 6.73. The van der Waals surface area contributed by atoms with Gasteiger partial charge >= 0.3 is 0 Å². The van der Waals surface area contributed by atoms with Crippen LogP contribution in [0, 0.1) is 0 Å². The van der Waals surface area contributed by atoms with E-state index < -0.39 is 6.04 Å². The van der Waals surface area contributed by atoms with Crippen molar-refractivity contribution in [2.45, 2.75) is 24.9 Å². The van der Waals surface area contributed by atoms with Crippen molar-refractivity contribution in [3.63, 3.8) is 0 Å². The number of fused-ring (bicyclic) bond motifs is 1. The van der Waals surface area contributed by atoms with Crippen molar-refractivity contribution in [3.05, 3.63) is 108 Å². The molecule has 1 aromatic carbocycles. The van der Waals surface area contributed by atoms with Gasteiger partial charge in [0.15, 0.2) is 0 Å². The van der Waals surface area contributed by atoms with Crippen LogP contribution in [0.5, 0.6) is 0 Å². The zero-order valence-electron chi connectivity index (χ0n) is 15.5. The molecule has 2 nitrogen and oxygen atoms in total. The van der Waals surface area contributed by atoms with Crippen molar-refractivity contribution in [2.24, 2.45) is 0 Å². The van der Waals surface area contributed by atoms with Crippen LogP contribution in [-0.4, -0.2) is 9.97 Å². The van der Waals surface area contributed by atoms with Crippen molar-refractivity contribution in [1.82, 2.24) is 9.97 Å². The molecule has 2 aromatic heterocycles. The highest BCUT2D eigenvalue weighted by Gasteiger charge is 2.46. The number of pyridine rings is 2. The summed E-state index contributed by atoms with van der Waals surface area (Å²) < 4.78 is 0. The largest absolute Gasteiger partial charge is 0.265 e. The van der Waals surface area contributed by atoms with Crippen molar-refractivity contribution >= 4 is 28.5 Å². The third-order valence-electron chi connectivity index (χ3n) is 5.74. The van der Waals surface area contributed by atoms with Gasteiger partial charge in [-0.2, -0.15) is 0 Å². The number of hydrogen-bond donors (Lipinski definition) is 0. The average Bonchev–Trinajstić information content (AvgIpc) is 3.05. The van der Waals surface area contributed by atoms with Crippen LogP contribution in [0.25, 0.3) is 5.31 Å². The van der Waals surface area contributed by atoms with E-state index in [1.165, 1.54) is 39.3 Å². The van der Waals surface area contributed by atoms with E-state index in [1.54, 1.807) is 0 Å². The molecule has 0 saturated carbocycles. The van der Waals surface area contributed by atoms with Crippen molar-refractivity contribution in [3.8, 4) is 0 Å². The molecule has 1 aliphatic carbocycles. The van der Waals surface area contributed by atoms with Gasteiger partial charge in [-0.05, 0) is 71.1 Å². The lowest BCUT2D eigenvalue weighted by Gasteiger charge is -2.29. The van der Waals surface area contributed by atoms with E-state index >= 15 is 0 Å². The first-order valence-electron chi connectivity index (χ1n) is 9.70. The van der Waals surface area contributed by atoms with Crippen LogP contribution in [0.2, 0.25) is 0 Å². The van der Waals surface area contributed by atoms with E-state index in [0.717, 1.165) is 12.8 Å². The van der Waals surface area contributed by atoms with Crippen LogP contribution < -0.4 is 5.30 Å². The Kier molecular flexibility index (Phi) is 4.58. The van der Waals surface area contributed by atoms with Crippen LogP contribution in [0.3, 0.4) is 0 Å². The molecule has 0 amide bonds. The molecular formula is C24H21N2PS. The lowest BCUT2D eigenvalue weighted by molar-refractivity contribution is 0.794. The molecule has 28 heavy (non-hydrogen) atoms. The van der Waals surface area contributed by atoms with E-state index in [9.17, 15) is 0 Å². The summed E-state index contributed by atoms with van der Waals surface area (Å²) in [6.07, 6.45) is 13.5. The average molecular weight is 400 g/mol. The lowest BCUT2D eigenvalue weighted by Crippen LogP contribution is -2.11. The van der Waals surface area contributed by atoms with Crippen LogP contribution in [0.1, 0.15) is 36.0 Å². The monoisotopic (exact) mass is 400 g/mol. The fourth-order valence-electron chi connectivity index (χ4n) is 4.60. The molecular weight excluding hydrogens is 379 g/mol.